The maximum Gasteiger partial charge on any atom is 0.247 e. The number of nitrogens with zero attached hydrogens (tertiary/aromatic N) is 1. The number of carbonyl (C=O) groups excluding carboxylic acids is 2. The summed E-state index contributed by atoms with van der Waals surface area (Å²) in [7, 11) is 0. The van der Waals surface area contributed by atoms with Gasteiger partial charge in [-0.2, -0.15) is 0 Å². The molecule has 172 valence electrons. The number of hydrogen-bond acceptors (Lipinski definition) is 2. The quantitative estimate of drug-likeness (QED) is 0.499. The second-order valence-corrected chi connectivity index (χ2v) is 9.49. The zero-order valence-corrected chi connectivity index (χ0v) is 20.3. The molecule has 1 aliphatic rings. The number of aryl methyl sites for hydroxylation is 1. The third kappa shape index (κ3) is 6.49. The van der Waals surface area contributed by atoms with Crippen molar-refractivity contribution in [2.24, 2.45) is 5.92 Å². The van der Waals surface area contributed by atoms with E-state index >= 15 is 0 Å². The molecule has 0 radical (unpaired) electrons. The molecule has 0 aliphatic heterocycles. The van der Waals surface area contributed by atoms with E-state index in [1.807, 2.05) is 19.1 Å². The molecule has 3 atom stereocenters. The van der Waals surface area contributed by atoms with E-state index < -0.39 is 6.04 Å². The highest BCUT2D eigenvalue weighted by atomic mass is 35.5. The summed E-state index contributed by atoms with van der Waals surface area (Å²) in [4.78, 5) is 28.1. The van der Waals surface area contributed by atoms with Crippen LogP contribution in [0, 0.1) is 12.8 Å². The fourth-order valence-corrected chi connectivity index (χ4v) is 4.67. The van der Waals surface area contributed by atoms with Gasteiger partial charge in [-0.3, -0.25) is 9.59 Å². The summed E-state index contributed by atoms with van der Waals surface area (Å²) in [5.41, 5.74) is 3.03. The van der Waals surface area contributed by atoms with Gasteiger partial charge in [0, 0.05) is 17.6 Å². The second kappa shape index (κ2) is 11.7. The van der Waals surface area contributed by atoms with Crippen LogP contribution in [0.3, 0.4) is 0 Å². The maximum atomic E-state index is 13.6. The molecule has 0 bridgehead atoms. The summed E-state index contributed by atoms with van der Waals surface area (Å²) in [5.74, 6) is -0.173. The molecule has 0 unspecified atom stereocenters. The van der Waals surface area contributed by atoms with Crippen LogP contribution >= 0.6 is 23.2 Å². The van der Waals surface area contributed by atoms with Gasteiger partial charge in [-0.15, -0.1) is 11.6 Å². The van der Waals surface area contributed by atoms with Crippen molar-refractivity contribution in [3.05, 3.63) is 70.2 Å². The van der Waals surface area contributed by atoms with Crippen molar-refractivity contribution in [1.82, 2.24) is 10.2 Å². The van der Waals surface area contributed by atoms with Crippen molar-refractivity contribution in [1.29, 1.82) is 0 Å². The van der Waals surface area contributed by atoms with Gasteiger partial charge in [-0.05, 0) is 55.4 Å². The minimum Gasteiger partial charge on any atom is -0.351 e. The van der Waals surface area contributed by atoms with Gasteiger partial charge in [0.2, 0.25) is 11.8 Å². The van der Waals surface area contributed by atoms with Gasteiger partial charge in [0.15, 0.2) is 0 Å². The molecule has 0 heterocycles. The van der Waals surface area contributed by atoms with E-state index in [0.29, 0.717) is 23.9 Å². The highest BCUT2D eigenvalue weighted by Crippen LogP contribution is 2.28. The molecule has 1 N–H and O–H groups in total. The molecule has 32 heavy (non-hydrogen) atoms. The van der Waals surface area contributed by atoms with E-state index in [1.54, 1.807) is 17.0 Å². The Morgan fingerprint density at radius 2 is 1.72 bits per heavy atom. The van der Waals surface area contributed by atoms with E-state index in [2.05, 4.69) is 36.5 Å². The second-order valence-electron chi connectivity index (χ2n) is 8.79. The standard InChI is InChI=1S/C26H32Cl2N2O2/c1-18-7-9-20(10-8-18)15-16-30(24(31)17-27)25(21-11-13-22(28)14-12-21)26(32)29-23-6-4-3-5-19(23)2/h7-14,19,23,25H,3-6,15-17H2,1-2H3,(H,29,32)/t19-,23+,25+/m1/s1. The van der Waals surface area contributed by atoms with Gasteiger partial charge in [0.05, 0.1) is 0 Å². The average molecular weight is 475 g/mol. The van der Waals surface area contributed by atoms with Crippen molar-refractivity contribution in [3.8, 4) is 0 Å². The predicted molar refractivity (Wildman–Crippen MR) is 131 cm³/mol. The first-order chi connectivity index (χ1) is 15.4. The number of nitrogens with one attached hydrogen (secondary N) is 1. The number of carbonyl (C=O) groups is 2. The monoisotopic (exact) mass is 474 g/mol. The molecule has 1 saturated carbocycles. The molecule has 4 nitrogen and oxygen atoms in total. The van der Waals surface area contributed by atoms with Crippen LogP contribution in [-0.2, 0) is 16.0 Å². The highest BCUT2D eigenvalue weighted by Gasteiger charge is 2.33. The van der Waals surface area contributed by atoms with E-state index in [9.17, 15) is 9.59 Å². The van der Waals surface area contributed by atoms with Gasteiger partial charge in [-0.25, -0.2) is 0 Å². The molecule has 3 rings (SSSR count). The third-order valence-corrected chi connectivity index (χ3v) is 6.86. The largest absolute Gasteiger partial charge is 0.351 e. The Hall–Kier alpha value is -2.04. The summed E-state index contributed by atoms with van der Waals surface area (Å²) in [6.07, 6.45) is 5.02. The predicted octanol–water partition coefficient (Wildman–Crippen LogP) is 5.69. The zero-order valence-electron chi connectivity index (χ0n) is 18.8. The lowest BCUT2D eigenvalue weighted by Gasteiger charge is -2.35. The van der Waals surface area contributed by atoms with Crippen LogP contribution in [0.25, 0.3) is 0 Å². The lowest BCUT2D eigenvalue weighted by Crippen LogP contribution is -2.49. The van der Waals surface area contributed by atoms with E-state index in [-0.39, 0.29) is 23.7 Å². The third-order valence-electron chi connectivity index (χ3n) is 6.38. The van der Waals surface area contributed by atoms with Gasteiger partial charge in [0.25, 0.3) is 0 Å². The summed E-state index contributed by atoms with van der Waals surface area (Å²) in [6, 6.07) is 14.7. The van der Waals surface area contributed by atoms with Crippen molar-refractivity contribution >= 4 is 35.0 Å². The molecule has 0 spiro atoms. The fourth-order valence-electron chi connectivity index (χ4n) is 4.39. The van der Waals surface area contributed by atoms with E-state index in [0.717, 1.165) is 30.4 Å². The number of alkyl halides is 1. The Kier molecular flexibility index (Phi) is 9.01. The molecular weight excluding hydrogens is 443 g/mol. The van der Waals surface area contributed by atoms with Crippen molar-refractivity contribution in [2.45, 2.75) is 58.0 Å². The molecular formula is C26H32Cl2N2O2. The van der Waals surface area contributed by atoms with Gasteiger partial charge in [-0.1, -0.05) is 73.3 Å². The molecule has 0 aromatic heterocycles. The van der Waals surface area contributed by atoms with Crippen molar-refractivity contribution in [3.63, 3.8) is 0 Å². The molecule has 2 amide bonds. The van der Waals surface area contributed by atoms with E-state index in [4.69, 9.17) is 23.2 Å². The van der Waals surface area contributed by atoms with Gasteiger partial charge < -0.3 is 10.2 Å². The first-order valence-electron chi connectivity index (χ1n) is 11.4. The Bertz CT molecular complexity index is 899. The average Bonchev–Trinajstić information content (AvgIpc) is 2.79. The smallest absolute Gasteiger partial charge is 0.247 e. The number of amides is 2. The normalized spacial score (nSPS) is 19.2. The van der Waals surface area contributed by atoms with Gasteiger partial charge in [0.1, 0.15) is 11.9 Å². The number of hydrogen-bond donors (Lipinski definition) is 1. The maximum absolute atomic E-state index is 13.6. The summed E-state index contributed by atoms with van der Waals surface area (Å²) in [5, 5.41) is 3.82. The molecule has 2 aromatic rings. The highest BCUT2D eigenvalue weighted by molar-refractivity contribution is 6.30. The topological polar surface area (TPSA) is 49.4 Å². The summed E-state index contributed by atoms with van der Waals surface area (Å²) in [6.45, 7) is 4.62. The number of benzene rings is 2. The van der Waals surface area contributed by atoms with Crippen LogP contribution in [0.2, 0.25) is 5.02 Å². The Morgan fingerprint density at radius 3 is 2.34 bits per heavy atom. The lowest BCUT2D eigenvalue weighted by atomic mass is 9.85. The minimum atomic E-state index is -0.752. The summed E-state index contributed by atoms with van der Waals surface area (Å²) >= 11 is 12.1. The fraction of sp³-hybridized carbons (Fsp3) is 0.462. The molecule has 1 aliphatic carbocycles. The number of rotatable bonds is 8. The minimum absolute atomic E-state index is 0.121. The van der Waals surface area contributed by atoms with Crippen LogP contribution < -0.4 is 5.32 Å². The van der Waals surface area contributed by atoms with Crippen molar-refractivity contribution in [2.75, 3.05) is 12.4 Å². The SMILES string of the molecule is Cc1ccc(CCN(C(=O)CCl)[C@H](C(=O)N[C@H]2CCCC[C@H]2C)c2ccc(Cl)cc2)cc1. The Balaban J connectivity index is 1.87. The molecule has 2 aromatic carbocycles. The first kappa shape index (κ1) is 24.6. The van der Waals surface area contributed by atoms with Crippen LogP contribution in [0.15, 0.2) is 48.5 Å². The van der Waals surface area contributed by atoms with Crippen LogP contribution in [-0.4, -0.2) is 35.2 Å². The van der Waals surface area contributed by atoms with E-state index in [1.165, 1.54) is 12.0 Å². The lowest BCUT2D eigenvalue weighted by molar-refractivity contribution is -0.139. The van der Waals surface area contributed by atoms with Crippen LogP contribution in [0.1, 0.15) is 55.3 Å². The summed E-state index contributed by atoms with van der Waals surface area (Å²) < 4.78 is 0. The first-order valence-corrected chi connectivity index (χ1v) is 12.3. The van der Waals surface area contributed by atoms with Gasteiger partial charge >= 0.3 is 0 Å². The molecule has 6 heteroatoms. The Morgan fingerprint density at radius 1 is 1.06 bits per heavy atom. The molecule has 1 fully saturated rings. The molecule has 0 saturated heterocycles. The Labute approximate surface area is 201 Å². The van der Waals surface area contributed by atoms with Crippen LogP contribution in [0.5, 0.6) is 0 Å². The van der Waals surface area contributed by atoms with Crippen LogP contribution in [0.4, 0.5) is 0 Å². The zero-order chi connectivity index (χ0) is 23.1. The van der Waals surface area contributed by atoms with Crippen molar-refractivity contribution < 1.29 is 9.59 Å². The number of halogens is 2.